The van der Waals surface area contributed by atoms with Crippen molar-refractivity contribution in [3.05, 3.63) is 11.4 Å². The van der Waals surface area contributed by atoms with Crippen LogP contribution >= 0.6 is 0 Å². The average molecular weight is 237 g/mol. The number of nitrogens with one attached hydrogen (secondary N) is 1. The summed E-state index contributed by atoms with van der Waals surface area (Å²) in [7, 11) is 4.10. The van der Waals surface area contributed by atoms with Crippen molar-refractivity contribution < 1.29 is 0 Å². The van der Waals surface area contributed by atoms with E-state index in [4.69, 9.17) is 0 Å². The third-order valence-electron chi connectivity index (χ3n) is 2.52. The molecule has 0 aliphatic rings. The van der Waals surface area contributed by atoms with Gasteiger partial charge in [-0.3, -0.25) is 0 Å². The van der Waals surface area contributed by atoms with Crippen molar-refractivity contribution in [2.45, 2.75) is 39.7 Å². The lowest BCUT2D eigenvalue weighted by Crippen LogP contribution is -2.30. The smallest absolute Gasteiger partial charge is 0.243 e. The number of anilines is 1. The number of aryl methyl sites for hydroxylation is 2. The number of likely N-dealkylation sites (N-methyl/N-ethyl adjacent to an activating group) is 1. The SMILES string of the molecule is CCc1nnc(NC(C)CN(C)C)nc1CC. The lowest BCUT2D eigenvalue weighted by molar-refractivity contribution is 0.391. The fourth-order valence-corrected chi connectivity index (χ4v) is 1.81. The summed E-state index contributed by atoms with van der Waals surface area (Å²) in [5, 5.41) is 11.6. The summed E-state index contributed by atoms with van der Waals surface area (Å²) in [5.74, 6) is 0.633. The van der Waals surface area contributed by atoms with Gasteiger partial charge in [-0.25, -0.2) is 4.98 Å². The highest BCUT2D eigenvalue weighted by molar-refractivity contribution is 5.27. The Kier molecular flexibility index (Phi) is 5.28. The first-order valence-corrected chi connectivity index (χ1v) is 6.20. The minimum Gasteiger partial charge on any atom is -0.349 e. The fraction of sp³-hybridized carbons (Fsp3) is 0.750. The molecule has 0 fully saturated rings. The number of hydrogen-bond acceptors (Lipinski definition) is 5. The van der Waals surface area contributed by atoms with Gasteiger partial charge in [0.1, 0.15) is 0 Å². The highest BCUT2D eigenvalue weighted by Gasteiger charge is 2.09. The van der Waals surface area contributed by atoms with E-state index in [0.29, 0.717) is 12.0 Å². The van der Waals surface area contributed by atoms with Crippen LogP contribution in [0.1, 0.15) is 32.2 Å². The second-order valence-electron chi connectivity index (χ2n) is 4.54. The Morgan fingerprint density at radius 1 is 1.12 bits per heavy atom. The molecule has 0 aliphatic heterocycles. The normalized spacial score (nSPS) is 12.8. The monoisotopic (exact) mass is 237 g/mol. The first-order valence-electron chi connectivity index (χ1n) is 6.20. The van der Waals surface area contributed by atoms with E-state index in [1.165, 1.54) is 0 Å². The molecular formula is C12H23N5. The van der Waals surface area contributed by atoms with E-state index in [1.807, 2.05) is 0 Å². The van der Waals surface area contributed by atoms with Crippen molar-refractivity contribution in [1.82, 2.24) is 20.1 Å². The van der Waals surface area contributed by atoms with Gasteiger partial charge in [0.2, 0.25) is 5.95 Å². The molecule has 1 aromatic rings. The van der Waals surface area contributed by atoms with E-state index in [2.05, 4.69) is 60.3 Å². The molecule has 5 heteroatoms. The molecule has 5 nitrogen and oxygen atoms in total. The van der Waals surface area contributed by atoms with Gasteiger partial charge in [-0.15, -0.1) is 5.10 Å². The zero-order valence-corrected chi connectivity index (χ0v) is 11.5. The van der Waals surface area contributed by atoms with Gasteiger partial charge in [0.05, 0.1) is 11.4 Å². The van der Waals surface area contributed by atoms with Crippen molar-refractivity contribution in [1.29, 1.82) is 0 Å². The van der Waals surface area contributed by atoms with Crippen LogP contribution in [0, 0.1) is 0 Å². The lowest BCUT2D eigenvalue weighted by Gasteiger charge is -2.18. The Balaban J connectivity index is 2.72. The van der Waals surface area contributed by atoms with Gasteiger partial charge < -0.3 is 10.2 Å². The van der Waals surface area contributed by atoms with Crippen LogP contribution in [0.5, 0.6) is 0 Å². The maximum atomic E-state index is 4.51. The zero-order valence-electron chi connectivity index (χ0n) is 11.5. The van der Waals surface area contributed by atoms with Crippen molar-refractivity contribution in [2.24, 2.45) is 0 Å². The molecule has 0 amide bonds. The molecule has 1 heterocycles. The standard InChI is InChI=1S/C12H23N5/c1-6-10-11(7-2)15-16-12(14-10)13-9(3)8-17(4)5/h9H,6-8H2,1-5H3,(H,13,14,16). The van der Waals surface area contributed by atoms with Crippen molar-refractivity contribution in [3.8, 4) is 0 Å². The first-order chi connectivity index (χ1) is 8.06. The molecule has 1 atom stereocenters. The summed E-state index contributed by atoms with van der Waals surface area (Å²) in [6.45, 7) is 7.23. The summed E-state index contributed by atoms with van der Waals surface area (Å²) in [6.07, 6.45) is 1.78. The molecule has 0 saturated carbocycles. The fourth-order valence-electron chi connectivity index (χ4n) is 1.81. The Morgan fingerprint density at radius 2 is 1.76 bits per heavy atom. The number of nitrogens with zero attached hydrogens (tertiary/aromatic N) is 4. The van der Waals surface area contributed by atoms with Crippen LogP contribution in [0.15, 0.2) is 0 Å². The molecule has 1 unspecified atom stereocenters. The second kappa shape index (κ2) is 6.49. The molecule has 0 aromatic carbocycles. The summed E-state index contributed by atoms with van der Waals surface area (Å²) < 4.78 is 0. The topological polar surface area (TPSA) is 53.9 Å². The third-order valence-corrected chi connectivity index (χ3v) is 2.52. The quantitative estimate of drug-likeness (QED) is 0.809. The molecule has 1 N–H and O–H groups in total. The van der Waals surface area contributed by atoms with Crippen LogP contribution in [0.4, 0.5) is 5.95 Å². The minimum atomic E-state index is 0.309. The summed E-state index contributed by atoms with van der Waals surface area (Å²) in [4.78, 5) is 6.64. The molecule has 17 heavy (non-hydrogen) atoms. The first kappa shape index (κ1) is 13.8. The average Bonchev–Trinajstić information content (AvgIpc) is 2.27. The van der Waals surface area contributed by atoms with Gasteiger partial charge in [0.25, 0.3) is 0 Å². The Labute approximate surface area is 104 Å². The van der Waals surface area contributed by atoms with E-state index in [0.717, 1.165) is 30.8 Å². The highest BCUT2D eigenvalue weighted by Crippen LogP contribution is 2.07. The number of rotatable bonds is 6. The Morgan fingerprint density at radius 3 is 2.29 bits per heavy atom. The maximum absolute atomic E-state index is 4.51. The van der Waals surface area contributed by atoms with Crippen LogP contribution in [0.25, 0.3) is 0 Å². The van der Waals surface area contributed by atoms with Crippen molar-refractivity contribution in [2.75, 3.05) is 26.0 Å². The van der Waals surface area contributed by atoms with E-state index in [9.17, 15) is 0 Å². The van der Waals surface area contributed by atoms with E-state index < -0.39 is 0 Å². The number of hydrogen-bond donors (Lipinski definition) is 1. The van der Waals surface area contributed by atoms with Gasteiger partial charge in [0, 0.05) is 12.6 Å². The highest BCUT2D eigenvalue weighted by atomic mass is 15.3. The predicted octanol–water partition coefficient (Wildman–Crippen LogP) is 1.36. The van der Waals surface area contributed by atoms with Crippen LogP contribution in [0.3, 0.4) is 0 Å². The Bertz CT molecular complexity index is 351. The van der Waals surface area contributed by atoms with Crippen molar-refractivity contribution in [3.63, 3.8) is 0 Å². The summed E-state index contributed by atoms with van der Waals surface area (Å²) in [6, 6.07) is 0.309. The molecule has 0 saturated heterocycles. The Hall–Kier alpha value is -1.23. The van der Waals surface area contributed by atoms with E-state index >= 15 is 0 Å². The molecule has 1 rings (SSSR count). The number of aromatic nitrogens is 3. The van der Waals surface area contributed by atoms with E-state index in [-0.39, 0.29) is 0 Å². The van der Waals surface area contributed by atoms with Crippen LogP contribution < -0.4 is 5.32 Å². The van der Waals surface area contributed by atoms with E-state index in [1.54, 1.807) is 0 Å². The largest absolute Gasteiger partial charge is 0.349 e. The molecule has 0 spiro atoms. The van der Waals surface area contributed by atoms with Crippen molar-refractivity contribution >= 4 is 5.95 Å². The maximum Gasteiger partial charge on any atom is 0.243 e. The molecular weight excluding hydrogens is 214 g/mol. The lowest BCUT2D eigenvalue weighted by atomic mass is 10.2. The zero-order chi connectivity index (χ0) is 12.8. The van der Waals surface area contributed by atoms with Crippen LogP contribution in [-0.4, -0.2) is 46.8 Å². The van der Waals surface area contributed by atoms with Gasteiger partial charge in [-0.05, 0) is 33.9 Å². The third kappa shape index (κ3) is 4.26. The van der Waals surface area contributed by atoms with Gasteiger partial charge in [-0.2, -0.15) is 5.10 Å². The molecule has 0 bridgehead atoms. The molecule has 96 valence electrons. The second-order valence-corrected chi connectivity index (χ2v) is 4.54. The van der Waals surface area contributed by atoms with Crippen LogP contribution in [0.2, 0.25) is 0 Å². The van der Waals surface area contributed by atoms with Crippen LogP contribution in [-0.2, 0) is 12.8 Å². The molecule has 1 aromatic heterocycles. The van der Waals surface area contributed by atoms with Gasteiger partial charge in [-0.1, -0.05) is 13.8 Å². The predicted molar refractivity (Wildman–Crippen MR) is 70.2 cm³/mol. The molecule has 0 radical (unpaired) electrons. The van der Waals surface area contributed by atoms with Gasteiger partial charge >= 0.3 is 0 Å². The van der Waals surface area contributed by atoms with Gasteiger partial charge in [0.15, 0.2) is 0 Å². The minimum absolute atomic E-state index is 0.309. The summed E-state index contributed by atoms with van der Waals surface area (Å²) in [5.41, 5.74) is 2.04. The summed E-state index contributed by atoms with van der Waals surface area (Å²) >= 11 is 0. The molecule has 0 aliphatic carbocycles.